The summed E-state index contributed by atoms with van der Waals surface area (Å²) in [7, 11) is 1.30. The Balaban J connectivity index is 3.34. The highest BCUT2D eigenvalue weighted by atomic mass is 35.7. The zero-order valence-corrected chi connectivity index (χ0v) is 8.76. The average Bonchev–Trinajstić information content (AvgIpc) is 2.01. The van der Waals surface area contributed by atoms with E-state index in [9.17, 15) is 13.2 Å². The van der Waals surface area contributed by atoms with Crippen molar-refractivity contribution in [2.24, 2.45) is 0 Å². The maximum Gasteiger partial charge on any atom is 0.335 e. The van der Waals surface area contributed by atoms with E-state index in [2.05, 4.69) is 0 Å². The van der Waals surface area contributed by atoms with E-state index in [0.29, 0.717) is 5.56 Å². The monoisotopic (exact) mass is 234 g/mol. The van der Waals surface area contributed by atoms with Gasteiger partial charge in [-0.15, -0.1) is 0 Å². The Hall–Kier alpha value is -1.07. The second-order valence-electron chi connectivity index (χ2n) is 2.72. The highest BCUT2D eigenvalue weighted by Crippen LogP contribution is 2.18. The molecule has 0 amide bonds. The van der Waals surface area contributed by atoms with Gasteiger partial charge in [0.05, 0.1) is 10.5 Å². The summed E-state index contributed by atoms with van der Waals surface area (Å²) in [4.78, 5) is 10.5. The van der Waals surface area contributed by atoms with E-state index in [1.165, 1.54) is 25.1 Å². The van der Waals surface area contributed by atoms with Crippen LogP contribution in [0, 0.1) is 6.92 Å². The molecule has 1 aromatic carbocycles. The first kappa shape index (κ1) is 11.0. The lowest BCUT2D eigenvalue weighted by Gasteiger charge is -2.01. The van der Waals surface area contributed by atoms with Crippen molar-refractivity contribution in [3.63, 3.8) is 0 Å². The van der Waals surface area contributed by atoms with Crippen LogP contribution >= 0.6 is 10.7 Å². The van der Waals surface area contributed by atoms with Gasteiger partial charge in [-0.05, 0) is 30.7 Å². The smallest absolute Gasteiger partial charge is 0.335 e. The molecule has 0 radical (unpaired) electrons. The van der Waals surface area contributed by atoms with E-state index < -0.39 is 15.0 Å². The molecule has 0 aliphatic rings. The fourth-order valence-corrected chi connectivity index (χ4v) is 1.86. The number of carbonyl (C=O) groups is 1. The van der Waals surface area contributed by atoms with Crippen molar-refractivity contribution in [1.82, 2.24) is 0 Å². The Kier molecular flexibility index (Phi) is 2.82. The SMILES string of the molecule is Cc1cc(S(=O)(=O)Cl)ccc1C(=O)O. The zero-order valence-electron chi connectivity index (χ0n) is 7.19. The van der Waals surface area contributed by atoms with Crippen molar-refractivity contribution >= 4 is 25.7 Å². The molecule has 4 nitrogen and oxygen atoms in total. The van der Waals surface area contributed by atoms with E-state index in [-0.39, 0.29) is 10.5 Å². The average molecular weight is 235 g/mol. The minimum absolute atomic E-state index is 0.0640. The number of hydrogen-bond donors (Lipinski definition) is 1. The summed E-state index contributed by atoms with van der Waals surface area (Å²) < 4.78 is 21.8. The molecule has 1 rings (SSSR count). The first-order chi connectivity index (χ1) is 6.32. The van der Waals surface area contributed by atoms with Gasteiger partial charge in [0.2, 0.25) is 0 Å². The van der Waals surface area contributed by atoms with Crippen LogP contribution in [0.25, 0.3) is 0 Å². The van der Waals surface area contributed by atoms with Gasteiger partial charge >= 0.3 is 5.97 Å². The number of carboxylic acids is 1. The number of aryl methyl sites for hydroxylation is 1. The number of rotatable bonds is 2. The molecule has 0 fully saturated rings. The van der Waals surface area contributed by atoms with Crippen LogP contribution in [0.2, 0.25) is 0 Å². The molecule has 0 unspecified atom stereocenters. The van der Waals surface area contributed by atoms with Crippen LogP contribution in [0.3, 0.4) is 0 Å². The number of hydrogen-bond acceptors (Lipinski definition) is 3. The molecule has 0 spiro atoms. The molecular weight excluding hydrogens is 228 g/mol. The van der Waals surface area contributed by atoms with E-state index in [4.69, 9.17) is 15.8 Å². The molecule has 0 bridgehead atoms. The van der Waals surface area contributed by atoms with Crippen LogP contribution in [-0.4, -0.2) is 19.5 Å². The lowest BCUT2D eigenvalue weighted by Crippen LogP contribution is -2.01. The minimum atomic E-state index is -3.79. The van der Waals surface area contributed by atoms with Crippen LogP contribution in [0.4, 0.5) is 0 Å². The minimum Gasteiger partial charge on any atom is -0.478 e. The van der Waals surface area contributed by atoms with Crippen LogP contribution in [0.1, 0.15) is 15.9 Å². The van der Waals surface area contributed by atoms with Crippen molar-refractivity contribution in [2.45, 2.75) is 11.8 Å². The number of halogens is 1. The summed E-state index contributed by atoms with van der Waals surface area (Å²) in [5, 5.41) is 8.68. The van der Waals surface area contributed by atoms with Crippen molar-refractivity contribution in [1.29, 1.82) is 0 Å². The quantitative estimate of drug-likeness (QED) is 0.790. The molecule has 0 heterocycles. The Morgan fingerprint density at radius 1 is 1.43 bits per heavy atom. The highest BCUT2D eigenvalue weighted by molar-refractivity contribution is 8.13. The maximum absolute atomic E-state index is 10.9. The second kappa shape index (κ2) is 3.59. The summed E-state index contributed by atoms with van der Waals surface area (Å²) in [5.74, 6) is -1.10. The number of aromatic carboxylic acids is 1. The van der Waals surface area contributed by atoms with Gasteiger partial charge in [-0.2, -0.15) is 0 Å². The summed E-state index contributed by atoms with van der Waals surface area (Å²) >= 11 is 0. The predicted molar refractivity (Wildman–Crippen MR) is 51.2 cm³/mol. The highest BCUT2D eigenvalue weighted by Gasteiger charge is 2.13. The molecular formula is C8H7ClO4S. The molecule has 0 aliphatic carbocycles. The third kappa shape index (κ3) is 2.24. The van der Waals surface area contributed by atoms with Gasteiger partial charge < -0.3 is 5.11 Å². The van der Waals surface area contributed by atoms with Crippen LogP contribution in [-0.2, 0) is 9.05 Å². The van der Waals surface area contributed by atoms with E-state index in [0.717, 1.165) is 0 Å². The van der Waals surface area contributed by atoms with E-state index >= 15 is 0 Å². The standard InChI is InChI=1S/C8H7ClO4S/c1-5-4-6(14(9,12)13)2-3-7(5)8(10)11/h2-4H,1H3,(H,10,11). The van der Waals surface area contributed by atoms with Crippen molar-refractivity contribution in [2.75, 3.05) is 0 Å². The fourth-order valence-electron chi connectivity index (χ4n) is 1.03. The molecule has 0 aliphatic heterocycles. The molecule has 0 atom stereocenters. The molecule has 0 saturated heterocycles. The number of carboxylic acid groups (broad SMARTS) is 1. The zero-order chi connectivity index (χ0) is 10.9. The molecule has 0 aromatic heterocycles. The van der Waals surface area contributed by atoms with Gasteiger partial charge in [0.15, 0.2) is 0 Å². The Morgan fingerprint density at radius 3 is 2.36 bits per heavy atom. The molecule has 76 valence electrons. The second-order valence-corrected chi connectivity index (χ2v) is 5.29. The van der Waals surface area contributed by atoms with Crippen LogP contribution in [0.5, 0.6) is 0 Å². The lowest BCUT2D eigenvalue weighted by molar-refractivity contribution is 0.0696. The number of benzene rings is 1. The van der Waals surface area contributed by atoms with E-state index in [1.807, 2.05) is 0 Å². The van der Waals surface area contributed by atoms with Gasteiger partial charge in [-0.25, -0.2) is 13.2 Å². The summed E-state index contributed by atoms with van der Waals surface area (Å²) in [5.41, 5.74) is 0.424. The Labute approximate surface area is 85.5 Å². The van der Waals surface area contributed by atoms with Gasteiger partial charge in [0.25, 0.3) is 9.05 Å². The maximum atomic E-state index is 10.9. The summed E-state index contributed by atoms with van der Waals surface area (Å²) in [6, 6.07) is 3.61. The van der Waals surface area contributed by atoms with Gasteiger partial charge in [0, 0.05) is 10.7 Å². The van der Waals surface area contributed by atoms with E-state index in [1.54, 1.807) is 0 Å². The molecule has 1 N–H and O–H groups in total. The van der Waals surface area contributed by atoms with Gasteiger partial charge in [-0.3, -0.25) is 0 Å². The predicted octanol–water partition coefficient (Wildman–Crippen LogP) is 1.62. The molecule has 1 aromatic rings. The topological polar surface area (TPSA) is 71.4 Å². The van der Waals surface area contributed by atoms with Crippen LogP contribution < -0.4 is 0 Å². The third-order valence-electron chi connectivity index (χ3n) is 1.71. The van der Waals surface area contributed by atoms with Crippen LogP contribution in [0.15, 0.2) is 23.1 Å². The van der Waals surface area contributed by atoms with Gasteiger partial charge in [0.1, 0.15) is 0 Å². The fraction of sp³-hybridized carbons (Fsp3) is 0.125. The molecule has 0 saturated carbocycles. The van der Waals surface area contributed by atoms with Crippen molar-refractivity contribution in [3.8, 4) is 0 Å². The third-order valence-corrected chi connectivity index (χ3v) is 3.06. The Bertz CT molecular complexity index is 478. The largest absolute Gasteiger partial charge is 0.478 e. The van der Waals surface area contributed by atoms with Crippen molar-refractivity contribution < 1.29 is 18.3 Å². The summed E-state index contributed by atoms with van der Waals surface area (Å²) in [6.07, 6.45) is 0. The Morgan fingerprint density at radius 2 is 2.00 bits per heavy atom. The lowest BCUT2D eigenvalue weighted by atomic mass is 10.1. The van der Waals surface area contributed by atoms with Crippen molar-refractivity contribution in [3.05, 3.63) is 29.3 Å². The van der Waals surface area contributed by atoms with Gasteiger partial charge in [-0.1, -0.05) is 0 Å². The first-order valence-corrected chi connectivity index (χ1v) is 5.92. The molecule has 6 heteroatoms. The normalized spacial score (nSPS) is 11.3. The molecule has 14 heavy (non-hydrogen) atoms. The first-order valence-electron chi connectivity index (χ1n) is 3.61. The summed E-state index contributed by atoms with van der Waals surface area (Å²) in [6.45, 7) is 1.51.